The van der Waals surface area contributed by atoms with Crippen molar-refractivity contribution in [2.24, 2.45) is 0 Å². The fourth-order valence-corrected chi connectivity index (χ4v) is 6.35. The summed E-state index contributed by atoms with van der Waals surface area (Å²) in [4.78, 5) is 13.4. The first-order valence-electron chi connectivity index (χ1n) is 10.2. The molecule has 2 aromatic carbocycles. The van der Waals surface area contributed by atoms with E-state index in [1.54, 1.807) is 38.3 Å². The molecule has 0 radical (unpaired) electrons. The predicted molar refractivity (Wildman–Crippen MR) is 116 cm³/mol. The number of hydrogen-bond acceptors (Lipinski definition) is 5. The van der Waals surface area contributed by atoms with Crippen molar-refractivity contribution >= 4 is 15.7 Å². The van der Waals surface area contributed by atoms with Crippen molar-refractivity contribution in [3.8, 4) is 11.5 Å². The minimum atomic E-state index is -3.82. The highest BCUT2D eigenvalue weighted by atomic mass is 32.2. The van der Waals surface area contributed by atoms with Crippen LogP contribution in [0.15, 0.2) is 47.4 Å². The lowest BCUT2D eigenvalue weighted by atomic mass is 10.1. The van der Waals surface area contributed by atoms with Gasteiger partial charge in [-0.2, -0.15) is 0 Å². The molecule has 162 valence electrons. The number of sulfone groups is 1. The summed E-state index contributed by atoms with van der Waals surface area (Å²) in [6.45, 7) is 4.09. The number of carbonyl (C=O) groups is 1. The van der Waals surface area contributed by atoms with Crippen LogP contribution in [0.2, 0.25) is 0 Å². The Labute approximate surface area is 178 Å². The van der Waals surface area contributed by atoms with Crippen LogP contribution in [0.25, 0.3) is 0 Å². The number of carbonyl (C=O) groups excluding carboxylic acids is 1. The molecule has 0 atom stereocenters. The molecule has 1 amide bonds. The average molecular weight is 432 g/mol. The second-order valence-corrected chi connectivity index (χ2v) is 9.99. The molecule has 7 heteroatoms. The molecule has 1 aliphatic carbocycles. The Kier molecular flexibility index (Phi) is 6.71. The Morgan fingerprint density at radius 1 is 1.07 bits per heavy atom. The van der Waals surface area contributed by atoms with Gasteiger partial charge in [0.25, 0.3) is 0 Å². The van der Waals surface area contributed by atoms with Crippen LogP contribution in [0.3, 0.4) is 0 Å². The molecule has 0 aromatic heterocycles. The smallest absolute Gasteiger partial charge is 0.241 e. The predicted octanol–water partition coefficient (Wildman–Crippen LogP) is 3.59. The molecule has 1 fully saturated rings. The van der Waals surface area contributed by atoms with Crippen LogP contribution in [0.1, 0.15) is 36.8 Å². The Bertz CT molecular complexity index is 1010. The zero-order chi connectivity index (χ0) is 21.8. The van der Waals surface area contributed by atoms with Gasteiger partial charge in [-0.1, -0.05) is 31.0 Å². The zero-order valence-corrected chi connectivity index (χ0v) is 18.6. The second-order valence-electron chi connectivity index (χ2n) is 7.76. The van der Waals surface area contributed by atoms with Crippen LogP contribution in [-0.2, 0) is 14.6 Å². The number of ether oxygens (including phenoxy) is 2. The molecular formula is C23H29NO5S. The maximum Gasteiger partial charge on any atom is 0.241 e. The molecule has 0 heterocycles. The van der Waals surface area contributed by atoms with Crippen molar-refractivity contribution in [2.75, 3.05) is 20.3 Å². The van der Waals surface area contributed by atoms with Gasteiger partial charge in [0, 0.05) is 6.07 Å². The Morgan fingerprint density at radius 3 is 2.47 bits per heavy atom. The normalized spacial score (nSPS) is 15.6. The van der Waals surface area contributed by atoms with Crippen molar-refractivity contribution in [1.29, 1.82) is 0 Å². The van der Waals surface area contributed by atoms with Crippen molar-refractivity contribution in [3.63, 3.8) is 0 Å². The van der Waals surface area contributed by atoms with Gasteiger partial charge in [0.1, 0.15) is 18.1 Å². The Hall–Kier alpha value is -2.54. The van der Waals surface area contributed by atoms with Gasteiger partial charge in [0.15, 0.2) is 14.6 Å². The van der Waals surface area contributed by atoms with Crippen LogP contribution >= 0.6 is 0 Å². The van der Waals surface area contributed by atoms with Crippen LogP contribution in [0.4, 0.5) is 0 Å². The summed E-state index contributed by atoms with van der Waals surface area (Å²) in [5, 5.41) is 2.80. The van der Waals surface area contributed by atoms with E-state index < -0.39 is 20.5 Å². The standard InChI is InChI=1S/C23H29NO5S/c1-17-9-10-18(2)21(15-17)30(26,27)23(11-4-5-12-23)22(25)24-13-14-29-20-8-6-7-19(16-20)28-3/h6-10,15-16H,4-5,11-14H2,1-3H3,(H,24,25). The molecule has 1 N–H and O–H groups in total. The summed E-state index contributed by atoms with van der Waals surface area (Å²) in [6, 6.07) is 12.5. The van der Waals surface area contributed by atoms with Crippen LogP contribution in [0, 0.1) is 13.8 Å². The van der Waals surface area contributed by atoms with Gasteiger partial charge in [0.2, 0.25) is 5.91 Å². The fraction of sp³-hybridized carbons (Fsp3) is 0.435. The van der Waals surface area contributed by atoms with E-state index in [0.29, 0.717) is 29.9 Å². The van der Waals surface area contributed by atoms with E-state index >= 15 is 0 Å². The number of aryl methyl sites for hydroxylation is 2. The highest BCUT2D eigenvalue weighted by molar-refractivity contribution is 7.93. The van der Waals surface area contributed by atoms with Gasteiger partial charge < -0.3 is 14.8 Å². The van der Waals surface area contributed by atoms with Crippen molar-refractivity contribution in [1.82, 2.24) is 5.32 Å². The van der Waals surface area contributed by atoms with Crippen LogP contribution in [-0.4, -0.2) is 39.3 Å². The van der Waals surface area contributed by atoms with Gasteiger partial charge in [0.05, 0.1) is 18.6 Å². The molecule has 2 aromatic rings. The molecule has 0 unspecified atom stereocenters. The SMILES string of the molecule is COc1cccc(OCCNC(=O)C2(S(=O)(=O)c3cc(C)ccc3C)CCCC2)c1. The van der Waals surface area contributed by atoms with E-state index in [4.69, 9.17) is 9.47 Å². The highest BCUT2D eigenvalue weighted by Gasteiger charge is 2.53. The Morgan fingerprint density at radius 2 is 1.77 bits per heavy atom. The quantitative estimate of drug-likeness (QED) is 0.646. The van der Waals surface area contributed by atoms with Crippen LogP contribution < -0.4 is 14.8 Å². The van der Waals surface area contributed by atoms with Gasteiger partial charge in [-0.3, -0.25) is 4.79 Å². The lowest BCUT2D eigenvalue weighted by Crippen LogP contribution is -2.51. The van der Waals surface area contributed by atoms with E-state index in [2.05, 4.69) is 5.32 Å². The number of hydrogen-bond donors (Lipinski definition) is 1. The summed E-state index contributed by atoms with van der Waals surface area (Å²) in [5.74, 6) is 0.874. The minimum Gasteiger partial charge on any atom is -0.497 e. The molecule has 0 bridgehead atoms. The number of nitrogens with one attached hydrogen (secondary N) is 1. The topological polar surface area (TPSA) is 81.7 Å². The first-order valence-corrected chi connectivity index (χ1v) is 11.7. The van der Waals surface area contributed by atoms with E-state index in [0.717, 1.165) is 18.4 Å². The molecule has 30 heavy (non-hydrogen) atoms. The summed E-state index contributed by atoms with van der Waals surface area (Å²) >= 11 is 0. The molecule has 6 nitrogen and oxygen atoms in total. The van der Waals surface area contributed by atoms with Gasteiger partial charge >= 0.3 is 0 Å². The lowest BCUT2D eigenvalue weighted by molar-refractivity contribution is -0.123. The first kappa shape index (κ1) is 22.2. The highest BCUT2D eigenvalue weighted by Crippen LogP contribution is 2.41. The average Bonchev–Trinajstić information content (AvgIpc) is 3.25. The number of amides is 1. The maximum atomic E-state index is 13.6. The zero-order valence-electron chi connectivity index (χ0n) is 17.7. The minimum absolute atomic E-state index is 0.222. The maximum absolute atomic E-state index is 13.6. The summed E-state index contributed by atoms with van der Waals surface area (Å²) < 4.78 is 36.6. The summed E-state index contributed by atoms with van der Waals surface area (Å²) in [6.07, 6.45) is 2.12. The van der Waals surface area contributed by atoms with Gasteiger partial charge in [-0.05, 0) is 56.0 Å². The fourth-order valence-electron chi connectivity index (χ4n) is 3.96. The van der Waals surface area contributed by atoms with Gasteiger partial charge in [-0.15, -0.1) is 0 Å². The third-order valence-corrected chi connectivity index (χ3v) is 8.31. The third-order valence-electron chi connectivity index (χ3n) is 5.67. The van der Waals surface area contributed by atoms with E-state index in [-0.39, 0.29) is 18.0 Å². The Balaban J connectivity index is 1.72. The number of benzene rings is 2. The van der Waals surface area contributed by atoms with Crippen molar-refractivity contribution in [3.05, 3.63) is 53.6 Å². The second kappa shape index (κ2) is 9.08. The summed E-state index contributed by atoms with van der Waals surface area (Å²) in [5.41, 5.74) is 1.53. The van der Waals surface area contributed by atoms with Crippen molar-refractivity contribution < 1.29 is 22.7 Å². The van der Waals surface area contributed by atoms with E-state index in [1.807, 2.05) is 25.1 Å². The first-order chi connectivity index (χ1) is 14.3. The largest absolute Gasteiger partial charge is 0.497 e. The summed E-state index contributed by atoms with van der Waals surface area (Å²) in [7, 11) is -2.24. The lowest BCUT2D eigenvalue weighted by Gasteiger charge is -2.28. The van der Waals surface area contributed by atoms with E-state index in [9.17, 15) is 13.2 Å². The van der Waals surface area contributed by atoms with E-state index in [1.165, 1.54) is 0 Å². The molecule has 3 rings (SSSR count). The molecule has 0 spiro atoms. The molecule has 1 aliphatic rings. The molecular weight excluding hydrogens is 402 g/mol. The number of methoxy groups -OCH3 is 1. The molecule has 0 aliphatic heterocycles. The molecule has 1 saturated carbocycles. The molecule has 0 saturated heterocycles. The number of rotatable bonds is 8. The van der Waals surface area contributed by atoms with Crippen LogP contribution in [0.5, 0.6) is 11.5 Å². The van der Waals surface area contributed by atoms with Crippen molar-refractivity contribution in [2.45, 2.75) is 49.2 Å². The third kappa shape index (κ3) is 4.31. The van der Waals surface area contributed by atoms with Gasteiger partial charge in [-0.25, -0.2) is 8.42 Å². The monoisotopic (exact) mass is 431 g/mol.